The molecule has 0 radical (unpaired) electrons. The molecule has 4 N–H and O–H groups in total. The summed E-state index contributed by atoms with van der Waals surface area (Å²) in [5.41, 5.74) is 0.278. The molecule has 5 heteroatoms. The second-order valence-electron chi connectivity index (χ2n) is 2.58. The number of aliphatic hydroxyl groups excluding tert-OH is 1. The van der Waals surface area contributed by atoms with E-state index in [0.717, 1.165) is 12.1 Å². The monoisotopic (exact) mass is 196 g/mol. The lowest BCUT2D eigenvalue weighted by Crippen LogP contribution is -1.98. The molecule has 0 aliphatic heterocycles. The van der Waals surface area contributed by atoms with E-state index in [1.165, 1.54) is 12.1 Å². The van der Waals surface area contributed by atoms with Gasteiger partial charge in [-0.1, -0.05) is 6.07 Å². The average Bonchev–Trinajstić information content (AvgIpc) is 2.11. The summed E-state index contributed by atoms with van der Waals surface area (Å²) >= 11 is 0. The van der Waals surface area contributed by atoms with Crippen LogP contribution in [-0.4, -0.2) is 26.4 Å². The van der Waals surface area contributed by atoms with Crippen LogP contribution in [0.5, 0.6) is 11.5 Å². The largest absolute Gasteiger partial charge is 0.504 e. The minimum absolute atomic E-state index is 0.278. The van der Waals surface area contributed by atoms with Gasteiger partial charge in [0.15, 0.2) is 11.5 Å². The van der Waals surface area contributed by atoms with Gasteiger partial charge in [0.2, 0.25) is 5.76 Å². The van der Waals surface area contributed by atoms with Gasteiger partial charge in [0, 0.05) is 0 Å². The van der Waals surface area contributed by atoms with Crippen LogP contribution < -0.4 is 0 Å². The molecule has 0 aromatic heterocycles. The summed E-state index contributed by atoms with van der Waals surface area (Å²) < 4.78 is 0. The Labute approximate surface area is 79.2 Å². The van der Waals surface area contributed by atoms with Crippen LogP contribution in [0.1, 0.15) is 5.56 Å². The molecule has 5 nitrogen and oxygen atoms in total. The molecule has 0 bridgehead atoms. The first-order chi connectivity index (χ1) is 6.50. The molecular formula is C9H8O5. The molecule has 0 unspecified atom stereocenters. The van der Waals surface area contributed by atoms with E-state index < -0.39 is 11.7 Å². The Hall–Kier alpha value is -2.17. The van der Waals surface area contributed by atoms with E-state index in [2.05, 4.69) is 0 Å². The van der Waals surface area contributed by atoms with Crippen molar-refractivity contribution >= 4 is 12.0 Å². The van der Waals surface area contributed by atoms with Gasteiger partial charge in [0.1, 0.15) is 0 Å². The van der Waals surface area contributed by atoms with E-state index in [-0.39, 0.29) is 17.1 Å². The maximum atomic E-state index is 10.2. The van der Waals surface area contributed by atoms with Gasteiger partial charge in [-0.05, 0) is 23.8 Å². The van der Waals surface area contributed by atoms with E-state index in [1.807, 2.05) is 0 Å². The van der Waals surface area contributed by atoms with Crippen LogP contribution in [0.3, 0.4) is 0 Å². The highest BCUT2D eigenvalue weighted by Gasteiger charge is 2.04. The number of benzene rings is 1. The Balaban J connectivity index is 3.04. The number of aliphatic carboxylic acids is 1. The van der Waals surface area contributed by atoms with Crippen molar-refractivity contribution in [2.45, 2.75) is 0 Å². The fourth-order valence-corrected chi connectivity index (χ4v) is 0.850. The van der Waals surface area contributed by atoms with Crippen LogP contribution in [-0.2, 0) is 4.79 Å². The number of carboxylic acids is 1. The normalized spacial score (nSPS) is 11.3. The zero-order valence-electron chi connectivity index (χ0n) is 7.01. The van der Waals surface area contributed by atoms with Crippen LogP contribution in [0.4, 0.5) is 0 Å². The minimum Gasteiger partial charge on any atom is -0.504 e. The van der Waals surface area contributed by atoms with Gasteiger partial charge in [-0.2, -0.15) is 0 Å². The maximum absolute atomic E-state index is 10.2. The Morgan fingerprint density at radius 1 is 1.14 bits per heavy atom. The molecule has 0 spiro atoms. The molecule has 1 aromatic rings. The van der Waals surface area contributed by atoms with E-state index in [4.69, 9.17) is 20.4 Å². The lowest BCUT2D eigenvalue weighted by Gasteiger charge is -1.98. The third-order valence-corrected chi connectivity index (χ3v) is 1.52. The number of hydrogen-bond acceptors (Lipinski definition) is 4. The molecule has 0 saturated heterocycles. The minimum atomic E-state index is -1.46. The van der Waals surface area contributed by atoms with Gasteiger partial charge in [-0.25, -0.2) is 4.79 Å². The van der Waals surface area contributed by atoms with Crippen LogP contribution in [0.25, 0.3) is 6.08 Å². The number of aliphatic hydroxyl groups is 1. The first-order valence-electron chi connectivity index (χ1n) is 3.66. The fraction of sp³-hybridized carbons (Fsp3) is 0. The summed E-state index contributed by atoms with van der Waals surface area (Å²) in [4.78, 5) is 10.2. The zero-order chi connectivity index (χ0) is 10.7. The predicted octanol–water partition coefficient (Wildman–Crippen LogP) is 1.08. The van der Waals surface area contributed by atoms with Crippen LogP contribution in [0, 0.1) is 0 Å². The van der Waals surface area contributed by atoms with Crippen LogP contribution >= 0.6 is 0 Å². The molecule has 0 atom stereocenters. The number of carbonyl (C=O) groups is 1. The van der Waals surface area contributed by atoms with Gasteiger partial charge in [0.05, 0.1) is 0 Å². The molecule has 0 amide bonds. The number of aromatic hydroxyl groups is 2. The fourth-order valence-electron chi connectivity index (χ4n) is 0.850. The van der Waals surface area contributed by atoms with Gasteiger partial charge in [0.25, 0.3) is 0 Å². The van der Waals surface area contributed by atoms with E-state index in [9.17, 15) is 4.79 Å². The van der Waals surface area contributed by atoms with Crippen LogP contribution in [0.15, 0.2) is 24.0 Å². The van der Waals surface area contributed by atoms with Gasteiger partial charge in [-0.3, -0.25) is 0 Å². The topological polar surface area (TPSA) is 98.0 Å². The van der Waals surface area contributed by atoms with Gasteiger partial charge >= 0.3 is 5.97 Å². The van der Waals surface area contributed by atoms with Crippen molar-refractivity contribution < 1.29 is 25.2 Å². The smallest absolute Gasteiger partial charge is 0.370 e. The Bertz CT molecular complexity index is 394. The maximum Gasteiger partial charge on any atom is 0.370 e. The lowest BCUT2D eigenvalue weighted by atomic mass is 10.2. The Morgan fingerprint density at radius 3 is 2.29 bits per heavy atom. The summed E-state index contributed by atoms with van der Waals surface area (Å²) in [5.74, 6) is -2.98. The van der Waals surface area contributed by atoms with Crippen molar-refractivity contribution in [3.05, 3.63) is 29.5 Å². The summed E-state index contributed by atoms with van der Waals surface area (Å²) in [7, 11) is 0. The molecule has 1 rings (SSSR count). The SMILES string of the molecule is O=C(O)/C(O)=C\c1ccc(O)c(O)c1. The third-order valence-electron chi connectivity index (χ3n) is 1.52. The Kier molecular flexibility index (Phi) is 2.62. The molecule has 0 aliphatic carbocycles. The average molecular weight is 196 g/mol. The molecule has 0 saturated carbocycles. The molecule has 0 heterocycles. The number of phenols is 2. The van der Waals surface area contributed by atoms with Crippen molar-refractivity contribution in [2.75, 3.05) is 0 Å². The van der Waals surface area contributed by atoms with E-state index in [0.29, 0.717) is 0 Å². The van der Waals surface area contributed by atoms with E-state index in [1.54, 1.807) is 0 Å². The standard InChI is InChI=1S/C9H8O5/c10-6-2-1-5(3-7(6)11)4-8(12)9(13)14/h1-4,10-12H,(H,13,14)/b8-4+. The summed E-state index contributed by atoms with van der Waals surface area (Å²) in [6.45, 7) is 0. The van der Waals surface area contributed by atoms with Crippen molar-refractivity contribution in [3.63, 3.8) is 0 Å². The van der Waals surface area contributed by atoms with Crippen LogP contribution in [0.2, 0.25) is 0 Å². The van der Waals surface area contributed by atoms with Crippen molar-refractivity contribution in [3.8, 4) is 11.5 Å². The molecule has 0 aliphatic rings. The summed E-state index contributed by atoms with van der Waals surface area (Å²) in [6.07, 6.45) is 0.960. The molecule has 0 fully saturated rings. The Morgan fingerprint density at radius 2 is 1.79 bits per heavy atom. The third kappa shape index (κ3) is 2.16. The molecule has 14 heavy (non-hydrogen) atoms. The predicted molar refractivity (Wildman–Crippen MR) is 48.0 cm³/mol. The van der Waals surface area contributed by atoms with Crippen molar-refractivity contribution in [2.24, 2.45) is 0 Å². The van der Waals surface area contributed by atoms with Gasteiger partial charge in [-0.15, -0.1) is 0 Å². The lowest BCUT2D eigenvalue weighted by molar-refractivity contribution is -0.135. The second-order valence-corrected chi connectivity index (χ2v) is 2.58. The van der Waals surface area contributed by atoms with Crippen molar-refractivity contribution in [1.82, 2.24) is 0 Å². The summed E-state index contributed by atoms with van der Waals surface area (Å²) in [6, 6.07) is 3.68. The van der Waals surface area contributed by atoms with E-state index >= 15 is 0 Å². The number of phenolic OH excluding ortho intramolecular Hbond substituents is 2. The number of rotatable bonds is 2. The number of carboxylic acid groups (broad SMARTS) is 1. The number of hydrogen-bond donors (Lipinski definition) is 4. The molecular weight excluding hydrogens is 188 g/mol. The molecule has 74 valence electrons. The molecule has 1 aromatic carbocycles. The first kappa shape index (κ1) is 9.91. The highest BCUT2D eigenvalue weighted by atomic mass is 16.4. The first-order valence-corrected chi connectivity index (χ1v) is 3.66. The quantitative estimate of drug-likeness (QED) is 0.322. The highest BCUT2D eigenvalue weighted by Crippen LogP contribution is 2.25. The zero-order valence-corrected chi connectivity index (χ0v) is 7.01. The highest BCUT2D eigenvalue weighted by molar-refractivity contribution is 5.89. The second kappa shape index (κ2) is 3.69. The summed E-state index contributed by atoms with van der Waals surface area (Å²) in [5, 5.41) is 35.2. The van der Waals surface area contributed by atoms with Gasteiger partial charge < -0.3 is 20.4 Å². The van der Waals surface area contributed by atoms with Crippen molar-refractivity contribution in [1.29, 1.82) is 0 Å².